The fourth-order valence-corrected chi connectivity index (χ4v) is 2.71. The molecule has 27 heavy (non-hydrogen) atoms. The molecule has 0 saturated carbocycles. The highest BCUT2D eigenvalue weighted by molar-refractivity contribution is 5.82. The maximum atomic E-state index is 13.3. The normalized spacial score (nSPS) is 19.9. The minimum atomic E-state index is -1.55. The van der Waals surface area contributed by atoms with Crippen LogP contribution < -0.4 is 0 Å². The summed E-state index contributed by atoms with van der Waals surface area (Å²) >= 11 is 0. The minimum Gasteiger partial charge on any atom is -0.467 e. The van der Waals surface area contributed by atoms with Gasteiger partial charge in [-0.1, -0.05) is 0 Å². The van der Waals surface area contributed by atoms with Crippen LogP contribution in [0.5, 0.6) is 0 Å². The van der Waals surface area contributed by atoms with Crippen LogP contribution in [0.4, 0.5) is 18.0 Å². The molecule has 1 aliphatic heterocycles. The molecule has 1 saturated heterocycles. The summed E-state index contributed by atoms with van der Waals surface area (Å²) in [6.07, 6.45) is -1.14. The first-order valence-electron chi connectivity index (χ1n) is 8.34. The predicted molar refractivity (Wildman–Crippen MR) is 88.3 cm³/mol. The Hall–Kier alpha value is -2.29. The quantitative estimate of drug-likeness (QED) is 0.585. The van der Waals surface area contributed by atoms with E-state index in [-0.39, 0.29) is 25.1 Å². The molecule has 9 heteroatoms. The van der Waals surface area contributed by atoms with Gasteiger partial charge in [0.2, 0.25) is 0 Å². The SMILES string of the molecule is COC(=O)C1CC(OCc2cc(F)c(F)c(F)c2)CN1C(=O)OC(C)(C)C. The van der Waals surface area contributed by atoms with E-state index in [9.17, 15) is 22.8 Å². The van der Waals surface area contributed by atoms with Crippen molar-refractivity contribution in [3.05, 3.63) is 35.1 Å². The molecule has 1 aromatic rings. The summed E-state index contributed by atoms with van der Waals surface area (Å²) in [7, 11) is 1.20. The molecular formula is C18H22F3NO5. The van der Waals surface area contributed by atoms with Gasteiger partial charge in [-0.05, 0) is 38.5 Å². The van der Waals surface area contributed by atoms with E-state index in [0.29, 0.717) is 0 Å². The molecule has 0 bridgehead atoms. The lowest BCUT2D eigenvalue weighted by Gasteiger charge is -2.27. The number of ether oxygens (including phenoxy) is 3. The van der Waals surface area contributed by atoms with Crippen LogP contribution in [-0.4, -0.2) is 48.4 Å². The highest BCUT2D eigenvalue weighted by atomic mass is 19.2. The molecule has 1 heterocycles. The van der Waals surface area contributed by atoms with Crippen LogP contribution in [-0.2, 0) is 25.6 Å². The van der Waals surface area contributed by atoms with Gasteiger partial charge in [0, 0.05) is 6.42 Å². The zero-order valence-corrected chi connectivity index (χ0v) is 15.6. The van der Waals surface area contributed by atoms with Gasteiger partial charge in [-0.25, -0.2) is 22.8 Å². The third-order valence-corrected chi connectivity index (χ3v) is 3.89. The van der Waals surface area contributed by atoms with Gasteiger partial charge in [0.1, 0.15) is 11.6 Å². The number of hydrogen-bond acceptors (Lipinski definition) is 5. The van der Waals surface area contributed by atoms with Crippen LogP contribution in [0.1, 0.15) is 32.8 Å². The molecule has 2 atom stereocenters. The Morgan fingerprint density at radius 1 is 1.19 bits per heavy atom. The number of rotatable bonds is 4. The third kappa shape index (κ3) is 5.35. The topological polar surface area (TPSA) is 65.1 Å². The first-order valence-corrected chi connectivity index (χ1v) is 8.34. The van der Waals surface area contributed by atoms with Crippen molar-refractivity contribution in [2.24, 2.45) is 0 Å². The van der Waals surface area contributed by atoms with E-state index in [2.05, 4.69) is 0 Å². The lowest BCUT2D eigenvalue weighted by Crippen LogP contribution is -2.44. The Labute approximate surface area is 155 Å². The van der Waals surface area contributed by atoms with Crippen LogP contribution >= 0.6 is 0 Å². The van der Waals surface area contributed by atoms with Gasteiger partial charge < -0.3 is 14.2 Å². The van der Waals surface area contributed by atoms with Crippen molar-refractivity contribution in [2.75, 3.05) is 13.7 Å². The second-order valence-corrected chi connectivity index (χ2v) is 7.21. The molecule has 0 spiro atoms. The average Bonchev–Trinajstić information content (AvgIpc) is 3.00. The second kappa shape index (κ2) is 8.16. The van der Waals surface area contributed by atoms with Crippen molar-refractivity contribution in [1.29, 1.82) is 0 Å². The molecule has 0 aromatic heterocycles. The van der Waals surface area contributed by atoms with Gasteiger partial charge >= 0.3 is 12.1 Å². The highest BCUT2D eigenvalue weighted by Gasteiger charge is 2.42. The van der Waals surface area contributed by atoms with Crippen molar-refractivity contribution in [1.82, 2.24) is 4.90 Å². The summed E-state index contributed by atoms with van der Waals surface area (Å²) in [6.45, 7) is 4.91. The molecule has 150 valence electrons. The molecule has 1 aliphatic rings. The smallest absolute Gasteiger partial charge is 0.411 e. The Bertz CT molecular complexity index is 696. The van der Waals surface area contributed by atoms with Crippen molar-refractivity contribution in [3.8, 4) is 0 Å². The van der Waals surface area contributed by atoms with Crippen molar-refractivity contribution < 1.29 is 37.0 Å². The van der Waals surface area contributed by atoms with E-state index < -0.39 is 47.3 Å². The summed E-state index contributed by atoms with van der Waals surface area (Å²) in [5.41, 5.74) is -0.656. The molecule has 1 amide bonds. The maximum Gasteiger partial charge on any atom is 0.411 e. The Kier molecular flexibility index (Phi) is 6.35. The van der Waals surface area contributed by atoms with Crippen LogP contribution in [0.15, 0.2) is 12.1 Å². The third-order valence-electron chi connectivity index (χ3n) is 3.89. The molecule has 0 radical (unpaired) electrons. The molecule has 1 aromatic carbocycles. The number of nitrogens with zero attached hydrogens (tertiary/aromatic N) is 1. The lowest BCUT2D eigenvalue weighted by molar-refractivity contribution is -0.145. The van der Waals surface area contributed by atoms with Crippen LogP contribution in [0, 0.1) is 17.5 Å². The number of likely N-dealkylation sites (tertiary alicyclic amines) is 1. The first-order chi connectivity index (χ1) is 12.5. The summed E-state index contributed by atoms with van der Waals surface area (Å²) in [5.74, 6) is -4.81. The van der Waals surface area contributed by atoms with Gasteiger partial charge in [-0.15, -0.1) is 0 Å². The number of amides is 1. The Balaban J connectivity index is 2.06. The first kappa shape index (κ1) is 21.0. The van der Waals surface area contributed by atoms with Crippen molar-refractivity contribution in [3.63, 3.8) is 0 Å². The number of esters is 1. The predicted octanol–water partition coefficient (Wildman–Crippen LogP) is 3.17. The van der Waals surface area contributed by atoms with Gasteiger partial charge in [-0.3, -0.25) is 4.90 Å². The van der Waals surface area contributed by atoms with Crippen LogP contribution in [0.25, 0.3) is 0 Å². The standard InChI is InChI=1S/C18H22F3NO5/c1-18(2,3)27-17(24)22-8-11(7-14(22)16(23)25-4)26-9-10-5-12(19)15(21)13(20)6-10/h5-6,11,14H,7-9H2,1-4H3. The molecule has 0 aliphatic carbocycles. The number of hydrogen-bond donors (Lipinski definition) is 0. The average molecular weight is 389 g/mol. The summed E-state index contributed by atoms with van der Waals surface area (Å²) in [5, 5.41) is 0. The Morgan fingerprint density at radius 3 is 2.30 bits per heavy atom. The zero-order chi connectivity index (χ0) is 20.4. The summed E-state index contributed by atoms with van der Waals surface area (Å²) in [6, 6.07) is 0.768. The van der Waals surface area contributed by atoms with Crippen molar-refractivity contribution >= 4 is 12.1 Å². The number of methoxy groups -OCH3 is 1. The Morgan fingerprint density at radius 2 is 1.78 bits per heavy atom. The highest BCUT2D eigenvalue weighted by Crippen LogP contribution is 2.25. The van der Waals surface area contributed by atoms with E-state index in [1.807, 2.05) is 0 Å². The zero-order valence-electron chi connectivity index (χ0n) is 15.6. The number of carbonyl (C=O) groups excluding carboxylic acids is 2. The van der Waals surface area contributed by atoms with Gasteiger partial charge in [-0.2, -0.15) is 0 Å². The van der Waals surface area contributed by atoms with E-state index in [1.54, 1.807) is 20.8 Å². The molecule has 6 nitrogen and oxygen atoms in total. The van der Waals surface area contributed by atoms with E-state index in [1.165, 1.54) is 12.0 Å². The molecule has 0 N–H and O–H groups in total. The van der Waals surface area contributed by atoms with E-state index >= 15 is 0 Å². The van der Waals surface area contributed by atoms with Crippen LogP contribution in [0.3, 0.4) is 0 Å². The fraction of sp³-hybridized carbons (Fsp3) is 0.556. The monoisotopic (exact) mass is 389 g/mol. The molecular weight excluding hydrogens is 367 g/mol. The summed E-state index contributed by atoms with van der Waals surface area (Å²) in [4.78, 5) is 25.5. The molecule has 2 unspecified atom stereocenters. The van der Waals surface area contributed by atoms with E-state index in [0.717, 1.165) is 12.1 Å². The van der Waals surface area contributed by atoms with Gasteiger partial charge in [0.05, 0.1) is 26.4 Å². The largest absolute Gasteiger partial charge is 0.467 e. The van der Waals surface area contributed by atoms with Gasteiger partial charge in [0.15, 0.2) is 17.5 Å². The maximum absolute atomic E-state index is 13.3. The lowest BCUT2D eigenvalue weighted by atomic mass is 10.2. The minimum absolute atomic E-state index is 0.0425. The number of benzene rings is 1. The molecule has 1 fully saturated rings. The fourth-order valence-electron chi connectivity index (χ4n) is 2.71. The second-order valence-electron chi connectivity index (χ2n) is 7.21. The van der Waals surface area contributed by atoms with E-state index in [4.69, 9.17) is 14.2 Å². The van der Waals surface area contributed by atoms with Crippen LogP contribution in [0.2, 0.25) is 0 Å². The van der Waals surface area contributed by atoms with Gasteiger partial charge in [0.25, 0.3) is 0 Å². The molecule has 2 rings (SSSR count). The van der Waals surface area contributed by atoms with Crippen molar-refractivity contribution in [2.45, 2.75) is 51.5 Å². The number of halogens is 3. The number of carbonyl (C=O) groups is 2. The summed E-state index contributed by atoms with van der Waals surface area (Å²) < 4.78 is 55.1.